The molecule has 1 saturated heterocycles. The second-order valence-corrected chi connectivity index (χ2v) is 6.92. The van der Waals surface area contributed by atoms with E-state index in [4.69, 9.17) is 32.7 Å². The van der Waals surface area contributed by atoms with Gasteiger partial charge in [-0.3, -0.25) is 10.0 Å². The van der Waals surface area contributed by atoms with Gasteiger partial charge in [-0.25, -0.2) is 9.97 Å². The first-order valence-corrected chi connectivity index (χ1v) is 9.98. The molecular weight excluding hydrogens is 398 g/mol. The van der Waals surface area contributed by atoms with Crippen LogP contribution in [-0.4, -0.2) is 74.1 Å². The Morgan fingerprint density at radius 1 is 1.30 bits per heavy atom. The standard InChI is InChI=1S/C21H25N7OS/c1-23-15-28(24-2)9-5-8-18-19(30)21(27-10-12-29-13-11-27)26-20(25-18)17-7-4-3-6-16(17)14-22/h3-8,14-15,22,30H,2,9-13H2,1H3/b8-5+,22-14?,23-15?. The zero-order valence-electron chi connectivity index (χ0n) is 16.9. The Balaban J connectivity index is 2.04. The van der Waals surface area contributed by atoms with Crippen LogP contribution in [0.3, 0.4) is 0 Å². The van der Waals surface area contributed by atoms with Crippen molar-refractivity contribution in [1.29, 1.82) is 5.41 Å². The van der Waals surface area contributed by atoms with Crippen LogP contribution in [0, 0.1) is 5.41 Å². The summed E-state index contributed by atoms with van der Waals surface area (Å²) in [5.74, 6) is 1.32. The van der Waals surface area contributed by atoms with Crippen molar-refractivity contribution in [2.24, 2.45) is 10.1 Å². The molecule has 1 aromatic carbocycles. The van der Waals surface area contributed by atoms with Crippen LogP contribution in [0.5, 0.6) is 0 Å². The van der Waals surface area contributed by atoms with Crippen LogP contribution in [-0.2, 0) is 4.74 Å². The molecule has 9 heteroatoms. The lowest BCUT2D eigenvalue weighted by atomic mass is 10.1. The summed E-state index contributed by atoms with van der Waals surface area (Å²) in [6.07, 6.45) is 6.73. The van der Waals surface area contributed by atoms with Crippen molar-refractivity contribution < 1.29 is 4.74 Å². The normalized spacial score (nSPS) is 14.4. The van der Waals surface area contributed by atoms with Gasteiger partial charge in [0, 0.05) is 44.2 Å². The van der Waals surface area contributed by atoms with E-state index in [2.05, 4.69) is 21.7 Å². The number of aliphatic imine (C=N–C) groups is 1. The predicted molar refractivity (Wildman–Crippen MR) is 125 cm³/mol. The van der Waals surface area contributed by atoms with E-state index in [1.807, 2.05) is 36.4 Å². The van der Waals surface area contributed by atoms with Crippen LogP contribution in [0.4, 0.5) is 5.82 Å². The number of thiol groups is 1. The molecule has 0 saturated carbocycles. The quantitative estimate of drug-likeness (QED) is 0.295. The largest absolute Gasteiger partial charge is 0.378 e. The summed E-state index contributed by atoms with van der Waals surface area (Å²) in [7, 11) is 1.68. The number of nitrogens with one attached hydrogen (secondary N) is 1. The Morgan fingerprint density at radius 3 is 2.77 bits per heavy atom. The molecule has 30 heavy (non-hydrogen) atoms. The SMILES string of the molecule is C=NN(C=NC)C/C=C/c1nc(-c2ccccc2C=N)nc(N2CCOCC2)c1S. The molecule has 1 aromatic heterocycles. The van der Waals surface area contributed by atoms with Gasteiger partial charge in [-0.15, -0.1) is 12.6 Å². The summed E-state index contributed by atoms with van der Waals surface area (Å²) in [5.41, 5.74) is 2.26. The zero-order chi connectivity index (χ0) is 21.3. The summed E-state index contributed by atoms with van der Waals surface area (Å²) >= 11 is 4.74. The minimum atomic E-state index is 0.497. The Kier molecular flexibility index (Phi) is 7.69. The number of hydrogen-bond donors (Lipinski definition) is 2. The van der Waals surface area contributed by atoms with Gasteiger partial charge < -0.3 is 15.0 Å². The van der Waals surface area contributed by atoms with E-state index >= 15 is 0 Å². The van der Waals surface area contributed by atoms with Crippen molar-refractivity contribution in [3.05, 3.63) is 41.6 Å². The van der Waals surface area contributed by atoms with Gasteiger partial charge >= 0.3 is 0 Å². The van der Waals surface area contributed by atoms with Crippen LogP contribution in [0.1, 0.15) is 11.3 Å². The van der Waals surface area contributed by atoms with E-state index in [0.29, 0.717) is 36.2 Å². The van der Waals surface area contributed by atoms with Crippen LogP contribution < -0.4 is 4.90 Å². The smallest absolute Gasteiger partial charge is 0.162 e. The van der Waals surface area contributed by atoms with Crippen LogP contribution >= 0.6 is 12.6 Å². The van der Waals surface area contributed by atoms with E-state index < -0.39 is 0 Å². The average molecular weight is 424 g/mol. The zero-order valence-corrected chi connectivity index (χ0v) is 17.8. The Bertz CT molecular complexity index is 954. The first-order chi connectivity index (χ1) is 14.7. The molecule has 1 aliphatic heterocycles. The Morgan fingerprint density at radius 2 is 2.07 bits per heavy atom. The van der Waals surface area contributed by atoms with Gasteiger partial charge in [0.05, 0.1) is 30.3 Å². The first kappa shape index (κ1) is 21.7. The molecular formula is C21H25N7OS. The van der Waals surface area contributed by atoms with Crippen molar-refractivity contribution in [3.8, 4) is 11.4 Å². The third-order valence-electron chi connectivity index (χ3n) is 4.56. The highest BCUT2D eigenvalue weighted by molar-refractivity contribution is 7.80. The average Bonchev–Trinajstić information content (AvgIpc) is 2.80. The molecule has 0 radical (unpaired) electrons. The molecule has 3 rings (SSSR count). The van der Waals surface area contributed by atoms with Crippen LogP contribution in [0.25, 0.3) is 17.5 Å². The molecule has 0 amide bonds. The van der Waals surface area contributed by atoms with Crippen molar-refractivity contribution in [1.82, 2.24) is 15.0 Å². The molecule has 1 aliphatic rings. The van der Waals surface area contributed by atoms with Gasteiger partial charge in [0.2, 0.25) is 0 Å². The number of hydrazone groups is 1. The van der Waals surface area contributed by atoms with Gasteiger partial charge in [0.25, 0.3) is 0 Å². The third kappa shape index (κ3) is 5.11. The highest BCUT2D eigenvalue weighted by atomic mass is 32.1. The maximum absolute atomic E-state index is 7.73. The molecule has 0 unspecified atom stereocenters. The van der Waals surface area contributed by atoms with Crippen LogP contribution in [0.2, 0.25) is 0 Å². The molecule has 0 spiro atoms. The Hall–Kier alpha value is -3.04. The maximum atomic E-state index is 7.73. The maximum Gasteiger partial charge on any atom is 0.162 e. The molecule has 8 nitrogen and oxygen atoms in total. The number of aromatic nitrogens is 2. The number of ether oxygens (including phenoxy) is 1. The lowest BCUT2D eigenvalue weighted by molar-refractivity contribution is 0.122. The predicted octanol–water partition coefficient (Wildman–Crippen LogP) is 2.86. The Labute approximate surface area is 181 Å². The number of rotatable bonds is 8. The van der Waals surface area contributed by atoms with Gasteiger partial charge in [-0.05, 0) is 6.08 Å². The number of anilines is 1. The molecule has 156 valence electrons. The fourth-order valence-corrected chi connectivity index (χ4v) is 3.38. The second-order valence-electron chi connectivity index (χ2n) is 6.48. The number of hydrogen-bond acceptors (Lipinski definition) is 8. The molecule has 1 fully saturated rings. The molecule has 1 N–H and O–H groups in total. The lowest BCUT2D eigenvalue weighted by Gasteiger charge is -2.29. The van der Waals surface area contributed by atoms with Crippen LogP contribution in [0.15, 0.2) is 45.3 Å². The van der Waals surface area contributed by atoms with E-state index in [1.54, 1.807) is 18.4 Å². The van der Waals surface area contributed by atoms with Crippen molar-refractivity contribution >= 4 is 43.8 Å². The van der Waals surface area contributed by atoms with Gasteiger partial charge in [-0.1, -0.05) is 30.3 Å². The van der Waals surface area contributed by atoms with E-state index in [9.17, 15) is 0 Å². The fraction of sp³-hybridized carbons (Fsp3) is 0.286. The molecule has 0 atom stereocenters. The lowest BCUT2D eigenvalue weighted by Crippen LogP contribution is -2.37. The van der Waals surface area contributed by atoms with Gasteiger partial charge in [-0.2, -0.15) is 5.10 Å². The summed E-state index contributed by atoms with van der Waals surface area (Å²) in [4.78, 5) is 16.4. The van der Waals surface area contributed by atoms with E-state index in [0.717, 1.165) is 30.0 Å². The van der Waals surface area contributed by atoms with E-state index in [-0.39, 0.29) is 0 Å². The first-order valence-electron chi connectivity index (χ1n) is 9.53. The summed E-state index contributed by atoms with van der Waals surface area (Å²) in [5, 5.41) is 13.2. The summed E-state index contributed by atoms with van der Waals surface area (Å²) < 4.78 is 5.48. The third-order valence-corrected chi connectivity index (χ3v) is 4.99. The molecule has 2 aromatic rings. The van der Waals surface area contributed by atoms with Gasteiger partial charge in [0.15, 0.2) is 5.82 Å². The van der Waals surface area contributed by atoms with Crippen molar-refractivity contribution in [2.75, 3.05) is 44.8 Å². The highest BCUT2D eigenvalue weighted by Crippen LogP contribution is 2.30. The number of benzene rings is 1. The number of morpholine rings is 1. The number of nitrogens with zero attached hydrogens (tertiary/aromatic N) is 6. The summed E-state index contributed by atoms with van der Waals surface area (Å²) in [6, 6.07) is 7.61. The highest BCUT2D eigenvalue weighted by Gasteiger charge is 2.20. The minimum absolute atomic E-state index is 0.497. The molecule has 0 bridgehead atoms. The van der Waals surface area contributed by atoms with E-state index in [1.165, 1.54) is 6.21 Å². The topological polar surface area (TPSA) is 90.1 Å². The monoisotopic (exact) mass is 423 g/mol. The van der Waals surface area contributed by atoms with Crippen molar-refractivity contribution in [3.63, 3.8) is 0 Å². The minimum Gasteiger partial charge on any atom is -0.378 e. The summed E-state index contributed by atoms with van der Waals surface area (Å²) in [6.45, 7) is 6.80. The van der Waals surface area contributed by atoms with Gasteiger partial charge in [0.1, 0.15) is 12.2 Å². The fourth-order valence-electron chi connectivity index (χ4n) is 3.07. The van der Waals surface area contributed by atoms with Crippen molar-refractivity contribution in [2.45, 2.75) is 4.90 Å². The second kappa shape index (κ2) is 10.7. The molecule has 0 aliphatic carbocycles. The molecule has 2 heterocycles.